The van der Waals surface area contributed by atoms with Gasteiger partial charge in [-0.05, 0) is 36.6 Å². The van der Waals surface area contributed by atoms with Gasteiger partial charge in [-0.2, -0.15) is 5.26 Å². The van der Waals surface area contributed by atoms with Crippen molar-refractivity contribution in [3.8, 4) is 6.07 Å². The Morgan fingerprint density at radius 3 is 3.07 bits per heavy atom. The summed E-state index contributed by atoms with van der Waals surface area (Å²) >= 11 is 5.88. The summed E-state index contributed by atoms with van der Waals surface area (Å²) in [6.07, 6.45) is 6.88. The third-order valence-corrected chi connectivity index (χ3v) is 2.58. The van der Waals surface area contributed by atoms with Gasteiger partial charge in [0.25, 0.3) is 0 Å². The van der Waals surface area contributed by atoms with Crippen molar-refractivity contribution in [1.29, 1.82) is 5.26 Å². The van der Waals surface area contributed by atoms with Gasteiger partial charge in [0.05, 0.1) is 11.3 Å². The molecule has 0 radical (unpaired) electrons. The average Bonchev–Trinajstić information content (AvgIpc) is 2.37. The first-order valence-electron chi connectivity index (χ1n) is 4.65. The first kappa shape index (κ1) is 9.95. The Morgan fingerprint density at radius 2 is 2.33 bits per heavy atom. The third-order valence-electron chi connectivity index (χ3n) is 2.29. The Morgan fingerprint density at radius 1 is 1.53 bits per heavy atom. The molecule has 1 aromatic heterocycles. The summed E-state index contributed by atoms with van der Waals surface area (Å²) in [4.78, 5) is 4.22. The van der Waals surface area contributed by atoms with Crippen LogP contribution >= 0.6 is 11.6 Å². The number of nitriles is 1. The van der Waals surface area contributed by atoms with Crippen LogP contribution in [-0.2, 0) is 6.42 Å². The Hall–Kier alpha value is -1.59. The van der Waals surface area contributed by atoms with E-state index in [2.05, 4.69) is 11.1 Å². The molecule has 0 atom stereocenters. The van der Waals surface area contributed by atoms with Crippen LogP contribution in [0.15, 0.2) is 23.8 Å². The third kappa shape index (κ3) is 1.93. The zero-order valence-corrected chi connectivity index (χ0v) is 9.04. The van der Waals surface area contributed by atoms with E-state index in [1.165, 1.54) is 0 Å². The minimum absolute atomic E-state index is 0.280. The Labute approximate surface area is 93.5 Å². The normalized spacial score (nSPS) is 13.8. The van der Waals surface area contributed by atoms with E-state index in [0.717, 1.165) is 23.3 Å². The first-order chi connectivity index (χ1) is 7.20. The zero-order chi connectivity index (χ0) is 10.8. The predicted octanol–water partition coefficient (Wildman–Crippen LogP) is 3.12. The zero-order valence-electron chi connectivity index (χ0n) is 8.29. The second-order valence-electron chi connectivity index (χ2n) is 3.48. The molecular formula is C12H9ClN2. The smallest absolute Gasteiger partial charge is 0.147 e. The lowest BCUT2D eigenvalue weighted by Gasteiger charge is -2.03. The predicted molar refractivity (Wildman–Crippen MR) is 60.5 cm³/mol. The first-order valence-corrected chi connectivity index (χ1v) is 5.03. The van der Waals surface area contributed by atoms with Gasteiger partial charge in [-0.15, -0.1) is 0 Å². The molecular weight excluding hydrogens is 208 g/mol. The summed E-state index contributed by atoms with van der Waals surface area (Å²) in [6.45, 7) is 2.01. The number of rotatable bonds is 0. The molecule has 1 aromatic rings. The van der Waals surface area contributed by atoms with Crippen molar-refractivity contribution in [3.05, 3.63) is 45.8 Å². The van der Waals surface area contributed by atoms with E-state index in [1.807, 2.05) is 31.2 Å². The molecule has 0 bridgehead atoms. The van der Waals surface area contributed by atoms with Crippen molar-refractivity contribution in [3.63, 3.8) is 0 Å². The maximum absolute atomic E-state index is 8.83. The van der Waals surface area contributed by atoms with Crippen LogP contribution in [0.2, 0.25) is 5.15 Å². The average molecular weight is 217 g/mol. The maximum Gasteiger partial charge on any atom is 0.147 e. The second-order valence-corrected chi connectivity index (χ2v) is 3.84. The van der Waals surface area contributed by atoms with Crippen molar-refractivity contribution in [1.82, 2.24) is 4.98 Å². The fourth-order valence-corrected chi connectivity index (χ4v) is 1.74. The van der Waals surface area contributed by atoms with Crippen LogP contribution in [0.25, 0.3) is 6.08 Å². The molecule has 0 N–H and O–H groups in total. The van der Waals surface area contributed by atoms with Crippen LogP contribution in [0, 0.1) is 11.3 Å². The van der Waals surface area contributed by atoms with Gasteiger partial charge in [-0.3, -0.25) is 0 Å². The van der Waals surface area contributed by atoms with Gasteiger partial charge in [0.1, 0.15) is 11.2 Å². The Bertz CT molecular complexity index is 507. The van der Waals surface area contributed by atoms with Crippen LogP contribution in [0.3, 0.4) is 0 Å². The number of allylic oxidation sites excluding steroid dienone is 3. The molecule has 2 nitrogen and oxygen atoms in total. The van der Waals surface area contributed by atoms with E-state index in [-0.39, 0.29) is 5.15 Å². The van der Waals surface area contributed by atoms with Crippen molar-refractivity contribution in [2.24, 2.45) is 0 Å². The van der Waals surface area contributed by atoms with Gasteiger partial charge in [0.15, 0.2) is 0 Å². The van der Waals surface area contributed by atoms with Crippen LogP contribution in [0.5, 0.6) is 0 Å². The molecule has 1 aliphatic carbocycles. The highest BCUT2D eigenvalue weighted by molar-refractivity contribution is 6.30. The highest BCUT2D eigenvalue weighted by Gasteiger charge is 2.09. The molecule has 2 rings (SSSR count). The number of fused-ring (bicyclic) bond motifs is 1. The second kappa shape index (κ2) is 3.88. The number of hydrogen-bond donors (Lipinski definition) is 0. The lowest BCUT2D eigenvalue weighted by atomic mass is 10.1. The molecule has 0 aromatic carbocycles. The van der Waals surface area contributed by atoms with Gasteiger partial charge in [-0.25, -0.2) is 4.98 Å². The van der Waals surface area contributed by atoms with E-state index >= 15 is 0 Å². The van der Waals surface area contributed by atoms with Gasteiger partial charge in [0.2, 0.25) is 0 Å². The highest BCUT2D eigenvalue weighted by Crippen LogP contribution is 2.22. The molecule has 0 spiro atoms. The number of hydrogen-bond acceptors (Lipinski definition) is 2. The molecule has 15 heavy (non-hydrogen) atoms. The fourth-order valence-electron chi connectivity index (χ4n) is 1.55. The van der Waals surface area contributed by atoms with Crippen molar-refractivity contribution < 1.29 is 0 Å². The molecule has 0 amide bonds. The molecule has 1 heterocycles. The SMILES string of the molecule is CC1=Cc2nc(Cl)c(C#N)cc2CC=C1. The lowest BCUT2D eigenvalue weighted by Crippen LogP contribution is -1.94. The fraction of sp³-hybridized carbons (Fsp3) is 0.167. The van der Waals surface area contributed by atoms with Crippen molar-refractivity contribution >= 4 is 17.7 Å². The Balaban J connectivity index is 2.62. The van der Waals surface area contributed by atoms with E-state index in [0.29, 0.717) is 5.56 Å². The summed E-state index contributed by atoms with van der Waals surface area (Å²) in [7, 11) is 0. The van der Waals surface area contributed by atoms with E-state index < -0.39 is 0 Å². The molecule has 3 heteroatoms. The number of nitrogens with zero attached hydrogens (tertiary/aromatic N) is 2. The molecule has 0 aliphatic heterocycles. The van der Waals surface area contributed by atoms with Crippen LogP contribution in [-0.4, -0.2) is 4.98 Å². The monoisotopic (exact) mass is 216 g/mol. The maximum atomic E-state index is 8.83. The van der Waals surface area contributed by atoms with Crippen LogP contribution < -0.4 is 0 Å². The summed E-state index contributed by atoms with van der Waals surface area (Å²) in [5, 5.41) is 9.11. The summed E-state index contributed by atoms with van der Waals surface area (Å²) < 4.78 is 0. The minimum atomic E-state index is 0.280. The van der Waals surface area contributed by atoms with Crippen LogP contribution in [0.1, 0.15) is 23.7 Å². The van der Waals surface area contributed by atoms with E-state index in [9.17, 15) is 0 Å². The van der Waals surface area contributed by atoms with Crippen molar-refractivity contribution in [2.75, 3.05) is 0 Å². The molecule has 0 saturated carbocycles. The van der Waals surface area contributed by atoms with E-state index in [4.69, 9.17) is 16.9 Å². The standard InChI is InChI=1S/C12H9ClN2/c1-8-3-2-4-9-6-10(7-14)12(13)15-11(9)5-8/h2-3,5-6H,4H2,1H3. The largest absolute Gasteiger partial charge is 0.235 e. The number of halogens is 1. The summed E-state index contributed by atoms with van der Waals surface area (Å²) in [5.41, 5.74) is 3.49. The lowest BCUT2D eigenvalue weighted by molar-refractivity contribution is 1.16. The van der Waals surface area contributed by atoms with Crippen LogP contribution in [0.4, 0.5) is 0 Å². The van der Waals surface area contributed by atoms with E-state index in [1.54, 1.807) is 0 Å². The number of pyridine rings is 1. The molecule has 0 fully saturated rings. The summed E-state index contributed by atoms with van der Waals surface area (Å²) in [6, 6.07) is 3.85. The van der Waals surface area contributed by atoms with Crippen molar-refractivity contribution in [2.45, 2.75) is 13.3 Å². The quantitative estimate of drug-likeness (QED) is 0.625. The number of aromatic nitrogens is 1. The molecule has 0 unspecified atom stereocenters. The minimum Gasteiger partial charge on any atom is -0.235 e. The Kier molecular flexibility index (Phi) is 2.57. The van der Waals surface area contributed by atoms with Gasteiger partial charge < -0.3 is 0 Å². The summed E-state index contributed by atoms with van der Waals surface area (Å²) in [5.74, 6) is 0. The molecule has 74 valence electrons. The highest BCUT2D eigenvalue weighted by atomic mass is 35.5. The van der Waals surface area contributed by atoms with Gasteiger partial charge in [0, 0.05) is 0 Å². The van der Waals surface area contributed by atoms with Gasteiger partial charge in [-0.1, -0.05) is 23.8 Å². The molecule has 0 saturated heterocycles. The topological polar surface area (TPSA) is 36.7 Å². The van der Waals surface area contributed by atoms with Gasteiger partial charge >= 0.3 is 0 Å². The molecule has 1 aliphatic rings.